The molecule has 1 N–H and O–H groups in total. The second-order valence-corrected chi connectivity index (χ2v) is 6.26. The molecular formula is C13H17N3OS2. The molecule has 0 bridgehead atoms. The summed E-state index contributed by atoms with van der Waals surface area (Å²) in [5.41, 5.74) is 0.903. The van der Waals surface area contributed by atoms with Crippen molar-refractivity contribution in [1.82, 2.24) is 14.5 Å². The highest BCUT2D eigenvalue weighted by molar-refractivity contribution is 7.71. The number of aromatic amines is 1. The molecule has 0 radical (unpaired) electrons. The van der Waals surface area contributed by atoms with Crippen LogP contribution < -0.4 is 5.56 Å². The third-order valence-electron chi connectivity index (χ3n) is 3.68. The van der Waals surface area contributed by atoms with Crippen molar-refractivity contribution < 1.29 is 0 Å². The topological polar surface area (TPSA) is 41.0 Å². The number of nitrogens with one attached hydrogen (secondary N) is 1. The molecule has 1 aliphatic heterocycles. The molecule has 1 saturated heterocycles. The fraction of sp³-hybridized carbons (Fsp3) is 0.538. The number of rotatable bonds is 3. The van der Waals surface area contributed by atoms with E-state index in [2.05, 4.69) is 9.88 Å². The highest BCUT2D eigenvalue weighted by Crippen LogP contribution is 2.14. The zero-order valence-electron chi connectivity index (χ0n) is 10.7. The summed E-state index contributed by atoms with van der Waals surface area (Å²) in [6, 6.07) is 1.91. The van der Waals surface area contributed by atoms with Crippen LogP contribution in [0.4, 0.5) is 0 Å². The molecular weight excluding hydrogens is 278 g/mol. The first-order valence-corrected chi connectivity index (χ1v) is 7.97. The maximum atomic E-state index is 12.4. The number of aromatic nitrogens is 2. The number of hydrogen-bond donors (Lipinski definition) is 1. The molecule has 0 saturated carbocycles. The van der Waals surface area contributed by atoms with Gasteiger partial charge in [-0.25, -0.2) is 0 Å². The van der Waals surface area contributed by atoms with Crippen LogP contribution in [0.15, 0.2) is 16.2 Å². The Kier molecular flexibility index (Phi) is 3.81. The van der Waals surface area contributed by atoms with Crippen LogP contribution in [0.2, 0.25) is 0 Å². The quantitative estimate of drug-likeness (QED) is 0.885. The van der Waals surface area contributed by atoms with E-state index in [1.807, 2.05) is 11.4 Å². The van der Waals surface area contributed by atoms with Gasteiger partial charge in [-0.15, -0.1) is 11.3 Å². The van der Waals surface area contributed by atoms with Crippen molar-refractivity contribution in [3.05, 3.63) is 26.6 Å². The Bertz CT molecular complexity index is 679. The Morgan fingerprint density at radius 2 is 2.05 bits per heavy atom. The van der Waals surface area contributed by atoms with Crippen LogP contribution in [0.5, 0.6) is 0 Å². The van der Waals surface area contributed by atoms with Gasteiger partial charge in [-0.1, -0.05) is 6.42 Å². The highest BCUT2D eigenvalue weighted by atomic mass is 32.1. The van der Waals surface area contributed by atoms with E-state index < -0.39 is 0 Å². The Hall–Kier alpha value is -0.980. The zero-order valence-corrected chi connectivity index (χ0v) is 12.4. The summed E-state index contributed by atoms with van der Waals surface area (Å²) in [7, 11) is 0. The van der Waals surface area contributed by atoms with Gasteiger partial charge >= 0.3 is 0 Å². The minimum atomic E-state index is 0.0470. The van der Waals surface area contributed by atoms with Gasteiger partial charge in [0.2, 0.25) is 0 Å². The van der Waals surface area contributed by atoms with Crippen molar-refractivity contribution >= 4 is 33.8 Å². The summed E-state index contributed by atoms with van der Waals surface area (Å²) in [5.74, 6) is 0. The van der Waals surface area contributed by atoms with Gasteiger partial charge < -0.3 is 9.88 Å². The van der Waals surface area contributed by atoms with Gasteiger partial charge in [-0.3, -0.25) is 9.36 Å². The van der Waals surface area contributed by atoms with E-state index in [-0.39, 0.29) is 5.56 Å². The lowest BCUT2D eigenvalue weighted by molar-refractivity contribution is 0.219. The summed E-state index contributed by atoms with van der Waals surface area (Å²) >= 11 is 6.77. The lowest BCUT2D eigenvalue weighted by atomic mass is 10.1. The van der Waals surface area contributed by atoms with Gasteiger partial charge in [0.15, 0.2) is 4.77 Å². The molecule has 0 aliphatic carbocycles. The molecule has 0 amide bonds. The van der Waals surface area contributed by atoms with Crippen LogP contribution in [0.1, 0.15) is 19.3 Å². The average molecular weight is 295 g/mol. The Balaban J connectivity index is 1.83. The number of nitrogens with zero attached hydrogens (tertiary/aromatic N) is 2. The first kappa shape index (κ1) is 13.0. The Labute approximate surface area is 120 Å². The number of likely N-dealkylation sites (tertiary alicyclic amines) is 1. The maximum Gasteiger partial charge on any atom is 0.272 e. The minimum Gasteiger partial charge on any atom is -0.331 e. The molecule has 2 aromatic rings. The Morgan fingerprint density at radius 3 is 2.84 bits per heavy atom. The van der Waals surface area contributed by atoms with Gasteiger partial charge in [0.1, 0.15) is 4.70 Å². The predicted octanol–water partition coefficient (Wildman–Crippen LogP) is 2.61. The normalized spacial score (nSPS) is 17.1. The van der Waals surface area contributed by atoms with Crippen LogP contribution in [0.3, 0.4) is 0 Å². The van der Waals surface area contributed by atoms with Crippen molar-refractivity contribution in [3.63, 3.8) is 0 Å². The van der Waals surface area contributed by atoms with Crippen LogP contribution in [-0.2, 0) is 6.54 Å². The molecule has 4 nitrogen and oxygen atoms in total. The summed E-state index contributed by atoms with van der Waals surface area (Å²) < 4.78 is 3.00. The van der Waals surface area contributed by atoms with Crippen LogP contribution in [-0.4, -0.2) is 34.1 Å². The smallest absolute Gasteiger partial charge is 0.272 e. The monoisotopic (exact) mass is 295 g/mol. The van der Waals surface area contributed by atoms with Gasteiger partial charge in [0.05, 0.1) is 5.52 Å². The first-order valence-electron chi connectivity index (χ1n) is 6.68. The lowest BCUT2D eigenvalue weighted by Crippen LogP contribution is -2.35. The van der Waals surface area contributed by atoms with Crippen molar-refractivity contribution in [2.24, 2.45) is 0 Å². The standard InChI is InChI=1S/C13H17N3OS2/c17-12-11-10(4-9-19-11)14-13(18)16(12)8-7-15-5-2-1-3-6-15/h4,9H,1-3,5-8H2,(H,14,18). The van der Waals surface area contributed by atoms with E-state index in [1.54, 1.807) is 4.57 Å². The first-order chi connectivity index (χ1) is 9.25. The van der Waals surface area contributed by atoms with Crippen molar-refractivity contribution in [3.8, 4) is 0 Å². The Morgan fingerprint density at radius 1 is 1.26 bits per heavy atom. The van der Waals surface area contributed by atoms with Gasteiger partial charge in [-0.05, 0) is 49.6 Å². The molecule has 0 spiro atoms. The van der Waals surface area contributed by atoms with Crippen molar-refractivity contribution in [2.45, 2.75) is 25.8 Å². The second-order valence-electron chi connectivity index (χ2n) is 4.95. The van der Waals surface area contributed by atoms with Crippen molar-refractivity contribution in [2.75, 3.05) is 19.6 Å². The minimum absolute atomic E-state index is 0.0470. The van der Waals surface area contributed by atoms with Crippen LogP contribution in [0, 0.1) is 4.77 Å². The molecule has 2 aromatic heterocycles. The van der Waals surface area contributed by atoms with E-state index in [1.165, 1.54) is 30.6 Å². The average Bonchev–Trinajstić information content (AvgIpc) is 2.88. The molecule has 1 fully saturated rings. The summed E-state index contributed by atoms with van der Waals surface area (Å²) in [5, 5.41) is 1.92. The summed E-state index contributed by atoms with van der Waals surface area (Å²) in [6.07, 6.45) is 3.87. The van der Waals surface area contributed by atoms with E-state index in [4.69, 9.17) is 12.2 Å². The second kappa shape index (κ2) is 5.56. The molecule has 0 unspecified atom stereocenters. The third kappa shape index (κ3) is 2.66. The molecule has 102 valence electrons. The summed E-state index contributed by atoms with van der Waals surface area (Å²) in [4.78, 5) is 17.9. The van der Waals surface area contributed by atoms with E-state index in [0.717, 1.165) is 29.9 Å². The largest absolute Gasteiger partial charge is 0.331 e. The fourth-order valence-electron chi connectivity index (χ4n) is 2.60. The lowest BCUT2D eigenvalue weighted by Gasteiger charge is -2.26. The number of thiophene rings is 1. The van der Waals surface area contributed by atoms with Crippen LogP contribution in [0.25, 0.3) is 10.2 Å². The van der Waals surface area contributed by atoms with Crippen LogP contribution >= 0.6 is 23.6 Å². The zero-order chi connectivity index (χ0) is 13.2. The molecule has 3 heterocycles. The van der Waals surface area contributed by atoms with E-state index in [0.29, 0.717) is 11.3 Å². The number of H-pyrrole nitrogens is 1. The molecule has 19 heavy (non-hydrogen) atoms. The predicted molar refractivity (Wildman–Crippen MR) is 81.6 cm³/mol. The highest BCUT2D eigenvalue weighted by Gasteiger charge is 2.11. The van der Waals surface area contributed by atoms with E-state index in [9.17, 15) is 4.79 Å². The third-order valence-corrected chi connectivity index (χ3v) is 4.90. The molecule has 1 aliphatic rings. The van der Waals surface area contributed by atoms with Gasteiger partial charge in [0, 0.05) is 13.1 Å². The van der Waals surface area contributed by atoms with Crippen molar-refractivity contribution in [1.29, 1.82) is 0 Å². The molecule has 3 rings (SSSR count). The fourth-order valence-corrected chi connectivity index (χ4v) is 3.68. The molecule has 0 atom stereocenters. The number of hydrogen-bond acceptors (Lipinski definition) is 4. The maximum absolute atomic E-state index is 12.4. The molecule has 0 aromatic carbocycles. The summed E-state index contributed by atoms with van der Waals surface area (Å²) in [6.45, 7) is 3.88. The van der Waals surface area contributed by atoms with E-state index >= 15 is 0 Å². The number of piperidine rings is 1. The van der Waals surface area contributed by atoms with Gasteiger partial charge in [0.25, 0.3) is 5.56 Å². The molecule has 6 heteroatoms. The van der Waals surface area contributed by atoms with Gasteiger partial charge in [-0.2, -0.15) is 0 Å². The number of fused-ring (bicyclic) bond motifs is 1. The SMILES string of the molecule is O=c1c2sccc2[nH]c(=S)n1CCN1CCCCC1.